The number of oxime groups is 1. The molecule has 3 aromatic rings. The van der Waals surface area contributed by atoms with Crippen LogP contribution in [0.2, 0.25) is 0 Å². The molecule has 6 heteroatoms. The van der Waals surface area contributed by atoms with Gasteiger partial charge in [0.1, 0.15) is 17.7 Å². The van der Waals surface area contributed by atoms with Crippen LogP contribution in [0.1, 0.15) is 22.4 Å². The van der Waals surface area contributed by atoms with Crippen molar-refractivity contribution in [1.82, 2.24) is 5.32 Å². The van der Waals surface area contributed by atoms with Crippen LogP contribution in [0.15, 0.2) is 59.8 Å². The van der Waals surface area contributed by atoms with Gasteiger partial charge in [-0.05, 0) is 47.5 Å². The SMILES string of the molecule is Fc1ccccc1-c1ccc(CNCC2CC(c3ccc4c(c3)CCO4)=NO2)s1. The zero-order chi connectivity index (χ0) is 19.6. The van der Waals surface area contributed by atoms with Gasteiger partial charge in [-0.2, -0.15) is 0 Å². The summed E-state index contributed by atoms with van der Waals surface area (Å²) in [6.45, 7) is 2.20. The summed E-state index contributed by atoms with van der Waals surface area (Å²) in [6.07, 6.45) is 1.77. The number of rotatable bonds is 6. The van der Waals surface area contributed by atoms with Crippen molar-refractivity contribution >= 4 is 17.0 Å². The Balaban J connectivity index is 1.13. The van der Waals surface area contributed by atoms with Crippen LogP contribution in [0.25, 0.3) is 10.4 Å². The molecule has 0 saturated carbocycles. The van der Waals surface area contributed by atoms with Crippen molar-refractivity contribution in [3.8, 4) is 16.2 Å². The summed E-state index contributed by atoms with van der Waals surface area (Å²) < 4.78 is 19.5. The van der Waals surface area contributed by atoms with Gasteiger partial charge in [0.15, 0.2) is 0 Å². The third-order valence-electron chi connectivity index (χ3n) is 5.23. The highest BCUT2D eigenvalue weighted by Crippen LogP contribution is 2.30. The molecule has 3 heterocycles. The number of fused-ring (bicyclic) bond motifs is 1. The van der Waals surface area contributed by atoms with Gasteiger partial charge in [-0.25, -0.2) is 4.39 Å². The fourth-order valence-corrected chi connectivity index (χ4v) is 4.71. The van der Waals surface area contributed by atoms with E-state index in [4.69, 9.17) is 9.57 Å². The molecule has 1 unspecified atom stereocenters. The second kappa shape index (κ2) is 7.97. The molecule has 0 aliphatic carbocycles. The van der Waals surface area contributed by atoms with Crippen LogP contribution in [-0.4, -0.2) is 25.0 Å². The Morgan fingerprint density at radius 2 is 2.07 bits per heavy atom. The maximum absolute atomic E-state index is 13.9. The molecule has 4 nitrogen and oxygen atoms in total. The smallest absolute Gasteiger partial charge is 0.145 e. The molecular weight excluding hydrogens is 387 g/mol. The highest BCUT2D eigenvalue weighted by atomic mass is 32.1. The molecule has 0 spiro atoms. The van der Waals surface area contributed by atoms with Crippen molar-refractivity contribution in [3.05, 3.63) is 76.4 Å². The fraction of sp³-hybridized carbons (Fsp3) is 0.261. The Bertz CT molecular complexity index is 1060. The number of hydrogen-bond donors (Lipinski definition) is 1. The van der Waals surface area contributed by atoms with E-state index in [-0.39, 0.29) is 11.9 Å². The predicted octanol–water partition coefficient (Wildman–Crippen LogP) is 4.77. The summed E-state index contributed by atoms with van der Waals surface area (Å²) in [7, 11) is 0. The minimum absolute atomic E-state index is 0.0282. The highest BCUT2D eigenvalue weighted by Gasteiger charge is 2.23. The molecule has 0 fully saturated rings. The van der Waals surface area contributed by atoms with Gasteiger partial charge in [-0.15, -0.1) is 11.3 Å². The summed E-state index contributed by atoms with van der Waals surface area (Å²) in [5, 5.41) is 7.72. The zero-order valence-electron chi connectivity index (χ0n) is 15.9. The van der Waals surface area contributed by atoms with Gasteiger partial charge in [0.25, 0.3) is 0 Å². The van der Waals surface area contributed by atoms with Crippen LogP contribution in [0.5, 0.6) is 5.75 Å². The van der Waals surface area contributed by atoms with Crippen molar-refractivity contribution in [1.29, 1.82) is 0 Å². The summed E-state index contributed by atoms with van der Waals surface area (Å²) in [5.41, 5.74) is 4.00. The summed E-state index contributed by atoms with van der Waals surface area (Å²) in [6, 6.07) is 17.1. The fourth-order valence-electron chi connectivity index (χ4n) is 3.71. The largest absolute Gasteiger partial charge is 0.493 e. The molecule has 0 saturated heterocycles. The van der Waals surface area contributed by atoms with E-state index in [1.54, 1.807) is 17.4 Å². The van der Waals surface area contributed by atoms with Gasteiger partial charge < -0.3 is 14.9 Å². The van der Waals surface area contributed by atoms with E-state index >= 15 is 0 Å². The second-order valence-corrected chi connectivity index (χ2v) is 8.44. The lowest BCUT2D eigenvalue weighted by Crippen LogP contribution is -2.26. The number of thiophene rings is 1. The minimum atomic E-state index is -0.184. The van der Waals surface area contributed by atoms with Crippen LogP contribution in [-0.2, 0) is 17.8 Å². The Hall–Kier alpha value is -2.70. The molecule has 29 heavy (non-hydrogen) atoms. The summed E-state index contributed by atoms with van der Waals surface area (Å²) in [5.74, 6) is 0.799. The van der Waals surface area contributed by atoms with Gasteiger partial charge in [-0.3, -0.25) is 0 Å². The second-order valence-electron chi connectivity index (χ2n) is 7.27. The van der Waals surface area contributed by atoms with Crippen molar-refractivity contribution < 1.29 is 14.0 Å². The van der Waals surface area contributed by atoms with Crippen molar-refractivity contribution in [2.75, 3.05) is 13.2 Å². The van der Waals surface area contributed by atoms with E-state index < -0.39 is 0 Å². The van der Waals surface area contributed by atoms with Gasteiger partial charge >= 0.3 is 0 Å². The topological polar surface area (TPSA) is 42.8 Å². The van der Waals surface area contributed by atoms with Gasteiger partial charge in [0.2, 0.25) is 0 Å². The number of hydrogen-bond acceptors (Lipinski definition) is 5. The molecular formula is C23H21FN2O2S. The number of benzene rings is 2. The van der Waals surface area contributed by atoms with E-state index in [0.29, 0.717) is 12.1 Å². The Morgan fingerprint density at radius 1 is 1.14 bits per heavy atom. The van der Waals surface area contributed by atoms with Crippen LogP contribution < -0.4 is 10.1 Å². The molecule has 1 aromatic heterocycles. The normalized spacial score (nSPS) is 17.6. The first-order valence-corrected chi connectivity index (χ1v) is 10.6. The van der Waals surface area contributed by atoms with Crippen LogP contribution in [0, 0.1) is 5.82 Å². The lowest BCUT2D eigenvalue weighted by molar-refractivity contribution is 0.0849. The standard InChI is InChI=1S/C23H21FN2O2S/c24-20-4-2-1-3-19(20)23-8-6-18(29-23)14-25-13-17-12-21(26-28-17)15-5-7-22-16(11-15)9-10-27-22/h1-8,11,17,25H,9-10,12-14H2. The molecule has 1 atom stereocenters. The van der Waals surface area contributed by atoms with Crippen molar-refractivity contribution in [2.24, 2.45) is 5.16 Å². The van der Waals surface area contributed by atoms with Crippen molar-refractivity contribution in [2.45, 2.75) is 25.5 Å². The van der Waals surface area contributed by atoms with Crippen LogP contribution in [0.3, 0.4) is 0 Å². The van der Waals surface area contributed by atoms with Gasteiger partial charge in [0.05, 0.1) is 12.3 Å². The molecule has 0 bridgehead atoms. The number of ether oxygens (including phenoxy) is 1. The van der Waals surface area contributed by atoms with E-state index in [0.717, 1.165) is 47.9 Å². The lowest BCUT2D eigenvalue weighted by atomic mass is 10.0. The van der Waals surface area contributed by atoms with E-state index in [2.05, 4.69) is 22.6 Å². The predicted molar refractivity (Wildman–Crippen MR) is 113 cm³/mol. The van der Waals surface area contributed by atoms with E-state index in [9.17, 15) is 4.39 Å². The Kier molecular flexibility index (Phi) is 5.04. The van der Waals surface area contributed by atoms with E-state index in [1.807, 2.05) is 30.3 Å². The molecule has 148 valence electrons. The molecule has 5 rings (SSSR count). The number of nitrogens with zero attached hydrogens (tertiary/aromatic N) is 1. The van der Waals surface area contributed by atoms with Crippen molar-refractivity contribution in [3.63, 3.8) is 0 Å². The molecule has 2 aromatic carbocycles. The quantitative estimate of drug-likeness (QED) is 0.639. The van der Waals surface area contributed by atoms with Crippen LogP contribution >= 0.6 is 11.3 Å². The number of halogens is 1. The van der Waals surface area contributed by atoms with Gasteiger partial charge in [0, 0.05) is 41.2 Å². The maximum Gasteiger partial charge on any atom is 0.145 e. The van der Waals surface area contributed by atoms with E-state index in [1.165, 1.54) is 16.5 Å². The summed E-state index contributed by atoms with van der Waals surface area (Å²) in [4.78, 5) is 7.73. The van der Waals surface area contributed by atoms with Crippen LogP contribution in [0.4, 0.5) is 4.39 Å². The number of nitrogens with one attached hydrogen (secondary N) is 1. The first-order valence-electron chi connectivity index (χ1n) is 9.79. The maximum atomic E-state index is 13.9. The lowest BCUT2D eigenvalue weighted by Gasteiger charge is -2.09. The molecule has 2 aliphatic rings. The highest BCUT2D eigenvalue weighted by molar-refractivity contribution is 7.15. The molecule has 1 N–H and O–H groups in total. The Labute approximate surface area is 173 Å². The zero-order valence-corrected chi connectivity index (χ0v) is 16.7. The monoisotopic (exact) mass is 408 g/mol. The first-order chi connectivity index (χ1) is 14.3. The molecule has 0 radical (unpaired) electrons. The molecule has 0 amide bonds. The third-order valence-corrected chi connectivity index (χ3v) is 6.35. The average Bonchev–Trinajstić information content (AvgIpc) is 3.48. The van der Waals surface area contributed by atoms with Gasteiger partial charge in [-0.1, -0.05) is 23.4 Å². The Morgan fingerprint density at radius 3 is 3.00 bits per heavy atom. The third kappa shape index (κ3) is 3.91. The molecule has 2 aliphatic heterocycles. The minimum Gasteiger partial charge on any atom is -0.493 e. The summed E-state index contributed by atoms with van der Waals surface area (Å²) >= 11 is 1.61. The average molecular weight is 408 g/mol. The first kappa shape index (κ1) is 18.3.